The lowest BCUT2D eigenvalue weighted by Crippen LogP contribution is -2.42. The maximum absolute atomic E-state index is 13.0. The minimum atomic E-state index is -0.348. The van der Waals surface area contributed by atoms with Crippen molar-refractivity contribution in [2.75, 3.05) is 6.61 Å². The summed E-state index contributed by atoms with van der Waals surface area (Å²) < 4.78 is 13.7. The fourth-order valence-electron chi connectivity index (χ4n) is 1.11. The van der Waals surface area contributed by atoms with E-state index in [1.165, 1.54) is 12.1 Å². The molecule has 0 heterocycles. The lowest BCUT2D eigenvalue weighted by molar-refractivity contribution is 0.187. The first-order valence-electron chi connectivity index (χ1n) is 4.74. The van der Waals surface area contributed by atoms with E-state index in [1.54, 1.807) is 0 Å². The third-order valence-corrected chi connectivity index (χ3v) is 2.55. The van der Waals surface area contributed by atoms with Crippen LogP contribution in [0.1, 0.15) is 19.4 Å². The van der Waals surface area contributed by atoms with Crippen LogP contribution in [-0.2, 0) is 6.54 Å². The second-order valence-electron chi connectivity index (χ2n) is 4.17. The molecular weight excluding hydrogens is 261 g/mol. The molecule has 1 aromatic rings. The van der Waals surface area contributed by atoms with Crippen molar-refractivity contribution in [1.82, 2.24) is 5.32 Å². The number of aliphatic hydroxyl groups is 1. The van der Waals surface area contributed by atoms with Crippen molar-refractivity contribution < 1.29 is 9.50 Å². The second-order valence-corrected chi connectivity index (χ2v) is 5.09. The third kappa shape index (κ3) is 4.28. The molecule has 0 unspecified atom stereocenters. The molecule has 0 amide bonds. The van der Waals surface area contributed by atoms with Crippen molar-refractivity contribution in [1.29, 1.82) is 0 Å². The standard InChI is InChI=1S/C11H15BrFNO/c1-11(2,7-15)14-6-8-3-9(12)5-10(13)4-8/h3-5,14-15H,6-7H2,1-2H3. The summed E-state index contributed by atoms with van der Waals surface area (Å²) in [5.74, 6) is -0.261. The van der Waals surface area contributed by atoms with Crippen LogP contribution in [0.4, 0.5) is 4.39 Å². The van der Waals surface area contributed by atoms with E-state index in [0.717, 1.165) is 10.0 Å². The summed E-state index contributed by atoms with van der Waals surface area (Å²) in [6.07, 6.45) is 0. The fourth-order valence-corrected chi connectivity index (χ4v) is 1.62. The van der Waals surface area contributed by atoms with Crippen LogP contribution in [0, 0.1) is 5.82 Å². The van der Waals surface area contributed by atoms with Crippen molar-refractivity contribution >= 4 is 15.9 Å². The molecule has 84 valence electrons. The van der Waals surface area contributed by atoms with Gasteiger partial charge in [0.15, 0.2) is 0 Å². The van der Waals surface area contributed by atoms with Crippen molar-refractivity contribution in [3.63, 3.8) is 0 Å². The van der Waals surface area contributed by atoms with E-state index >= 15 is 0 Å². The van der Waals surface area contributed by atoms with Gasteiger partial charge in [0.2, 0.25) is 0 Å². The third-order valence-electron chi connectivity index (χ3n) is 2.09. The van der Waals surface area contributed by atoms with Crippen LogP contribution >= 0.6 is 15.9 Å². The summed E-state index contributed by atoms with van der Waals surface area (Å²) >= 11 is 3.23. The first-order chi connectivity index (χ1) is 6.93. The lowest BCUT2D eigenvalue weighted by Gasteiger charge is -2.23. The molecule has 0 aliphatic carbocycles. The SMILES string of the molecule is CC(C)(CO)NCc1cc(F)cc(Br)c1. The van der Waals surface area contributed by atoms with Gasteiger partial charge in [-0.25, -0.2) is 4.39 Å². The Balaban J connectivity index is 2.65. The zero-order valence-corrected chi connectivity index (χ0v) is 10.4. The van der Waals surface area contributed by atoms with Crippen LogP contribution in [0.5, 0.6) is 0 Å². The minimum Gasteiger partial charge on any atom is -0.394 e. The smallest absolute Gasteiger partial charge is 0.124 e. The topological polar surface area (TPSA) is 32.3 Å². The van der Waals surface area contributed by atoms with Gasteiger partial charge in [-0.3, -0.25) is 0 Å². The molecule has 0 aliphatic heterocycles. The number of halogens is 2. The minimum absolute atomic E-state index is 0.0451. The van der Waals surface area contributed by atoms with Gasteiger partial charge in [0.05, 0.1) is 6.61 Å². The monoisotopic (exact) mass is 275 g/mol. The van der Waals surface area contributed by atoms with Crippen molar-refractivity contribution in [3.8, 4) is 0 Å². The molecule has 0 saturated carbocycles. The molecule has 0 saturated heterocycles. The molecule has 4 heteroatoms. The molecule has 0 bridgehead atoms. The average Bonchev–Trinajstić information content (AvgIpc) is 2.14. The largest absolute Gasteiger partial charge is 0.394 e. The highest BCUT2D eigenvalue weighted by atomic mass is 79.9. The number of rotatable bonds is 4. The average molecular weight is 276 g/mol. The normalized spacial score (nSPS) is 11.8. The van der Waals surface area contributed by atoms with Crippen LogP contribution in [0.2, 0.25) is 0 Å². The molecule has 0 radical (unpaired) electrons. The molecule has 0 aliphatic rings. The maximum atomic E-state index is 13.0. The zero-order valence-electron chi connectivity index (χ0n) is 8.85. The van der Waals surface area contributed by atoms with E-state index in [0.29, 0.717) is 6.54 Å². The van der Waals surface area contributed by atoms with Crippen LogP contribution < -0.4 is 5.32 Å². The van der Waals surface area contributed by atoms with E-state index in [4.69, 9.17) is 5.11 Å². The fraction of sp³-hybridized carbons (Fsp3) is 0.455. The quantitative estimate of drug-likeness (QED) is 0.885. The zero-order chi connectivity index (χ0) is 11.5. The van der Waals surface area contributed by atoms with Gasteiger partial charge >= 0.3 is 0 Å². The predicted octanol–water partition coefficient (Wildman–Crippen LogP) is 2.45. The predicted molar refractivity (Wildman–Crippen MR) is 62.1 cm³/mol. The Labute approximate surface area is 97.6 Å². The van der Waals surface area contributed by atoms with Crippen molar-refractivity contribution in [3.05, 3.63) is 34.1 Å². The summed E-state index contributed by atoms with van der Waals surface area (Å²) in [6.45, 7) is 4.36. The molecule has 15 heavy (non-hydrogen) atoms. The van der Waals surface area contributed by atoms with E-state index in [2.05, 4.69) is 21.2 Å². The number of hydrogen-bond acceptors (Lipinski definition) is 2. The van der Waals surface area contributed by atoms with Gasteiger partial charge in [-0.1, -0.05) is 15.9 Å². The van der Waals surface area contributed by atoms with Crippen molar-refractivity contribution in [2.45, 2.75) is 25.9 Å². The highest BCUT2D eigenvalue weighted by Crippen LogP contribution is 2.15. The van der Waals surface area contributed by atoms with E-state index in [9.17, 15) is 4.39 Å². The Hall–Kier alpha value is -0.450. The molecule has 2 nitrogen and oxygen atoms in total. The summed E-state index contributed by atoms with van der Waals surface area (Å²) in [4.78, 5) is 0. The Kier molecular flexibility index (Phi) is 4.25. The maximum Gasteiger partial charge on any atom is 0.124 e. The van der Waals surface area contributed by atoms with E-state index in [1.807, 2.05) is 19.9 Å². The van der Waals surface area contributed by atoms with Gasteiger partial charge in [-0.15, -0.1) is 0 Å². The molecule has 1 aromatic carbocycles. The number of benzene rings is 1. The van der Waals surface area contributed by atoms with Crippen LogP contribution in [-0.4, -0.2) is 17.3 Å². The van der Waals surface area contributed by atoms with Crippen LogP contribution in [0.25, 0.3) is 0 Å². The van der Waals surface area contributed by atoms with Gasteiger partial charge in [0.1, 0.15) is 5.82 Å². The molecule has 0 spiro atoms. The molecule has 0 aromatic heterocycles. The van der Waals surface area contributed by atoms with Gasteiger partial charge in [0.25, 0.3) is 0 Å². The molecule has 0 fully saturated rings. The van der Waals surface area contributed by atoms with Gasteiger partial charge in [-0.05, 0) is 37.6 Å². The van der Waals surface area contributed by atoms with Crippen LogP contribution in [0.3, 0.4) is 0 Å². The summed E-state index contributed by atoms with van der Waals surface area (Å²) in [5, 5.41) is 12.2. The van der Waals surface area contributed by atoms with Crippen LogP contribution in [0.15, 0.2) is 22.7 Å². The Morgan fingerprint density at radius 2 is 2.07 bits per heavy atom. The Morgan fingerprint density at radius 1 is 1.40 bits per heavy atom. The van der Waals surface area contributed by atoms with E-state index in [-0.39, 0.29) is 18.0 Å². The van der Waals surface area contributed by atoms with Gasteiger partial charge < -0.3 is 10.4 Å². The first-order valence-corrected chi connectivity index (χ1v) is 5.53. The number of hydrogen-bond donors (Lipinski definition) is 2. The second kappa shape index (κ2) is 5.05. The number of nitrogens with one attached hydrogen (secondary N) is 1. The summed E-state index contributed by atoms with van der Waals surface area (Å²) in [6, 6.07) is 4.75. The lowest BCUT2D eigenvalue weighted by atomic mass is 10.1. The molecule has 1 rings (SSSR count). The van der Waals surface area contributed by atoms with Gasteiger partial charge in [0, 0.05) is 16.6 Å². The Morgan fingerprint density at radius 3 is 2.60 bits per heavy atom. The van der Waals surface area contributed by atoms with E-state index < -0.39 is 0 Å². The highest BCUT2D eigenvalue weighted by Gasteiger charge is 2.14. The highest BCUT2D eigenvalue weighted by molar-refractivity contribution is 9.10. The first kappa shape index (κ1) is 12.6. The van der Waals surface area contributed by atoms with Gasteiger partial charge in [-0.2, -0.15) is 0 Å². The van der Waals surface area contributed by atoms with Crippen molar-refractivity contribution in [2.24, 2.45) is 0 Å². The molecular formula is C11H15BrFNO. The molecule has 0 atom stereocenters. The number of aliphatic hydroxyl groups excluding tert-OH is 1. The summed E-state index contributed by atoms with van der Waals surface area (Å²) in [5.41, 5.74) is 0.502. The summed E-state index contributed by atoms with van der Waals surface area (Å²) in [7, 11) is 0. The molecule has 2 N–H and O–H groups in total. The Bertz CT molecular complexity index is 321.